The Hall–Kier alpha value is -1.42. The normalized spacial score (nSPS) is 12.2. The van der Waals surface area contributed by atoms with E-state index in [0.717, 1.165) is 12.0 Å². The minimum atomic E-state index is -0.248. The van der Waals surface area contributed by atoms with Crippen LogP contribution in [0.3, 0.4) is 0 Å². The predicted octanol–water partition coefficient (Wildman–Crippen LogP) is 1.83. The molecule has 0 heterocycles. The fraction of sp³-hybridized carbons (Fsp3) is 0.462. The zero-order valence-corrected chi connectivity index (χ0v) is 10.3. The minimum Gasteiger partial charge on any atom is -0.355 e. The fourth-order valence-corrected chi connectivity index (χ4v) is 1.37. The third-order valence-electron chi connectivity index (χ3n) is 2.47. The molecule has 0 bridgehead atoms. The van der Waals surface area contributed by atoms with Crippen LogP contribution in [0.5, 0.6) is 0 Å². The van der Waals surface area contributed by atoms with E-state index >= 15 is 0 Å². The van der Waals surface area contributed by atoms with Crippen molar-refractivity contribution in [3.63, 3.8) is 0 Å². The van der Waals surface area contributed by atoms with E-state index in [2.05, 4.69) is 10.6 Å². The van der Waals surface area contributed by atoms with Gasteiger partial charge in [0.15, 0.2) is 0 Å². The van der Waals surface area contributed by atoms with Crippen molar-refractivity contribution in [3.8, 4) is 0 Å². The Morgan fingerprint density at radius 1 is 1.35 bits per heavy atom. The van der Waals surface area contributed by atoms with Gasteiger partial charge in [-0.1, -0.05) is 19.1 Å². The highest BCUT2D eigenvalue weighted by Gasteiger charge is 2.10. The molecule has 0 saturated heterocycles. The topological polar surface area (TPSA) is 41.1 Å². The van der Waals surface area contributed by atoms with Gasteiger partial charge in [-0.25, -0.2) is 4.39 Å². The van der Waals surface area contributed by atoms with Gasteiger partial charge >= 0.3 is 0 Å². The quantitative estimate of drug-likeness (QED) is 0.794. The summed E-state index contributed by atoms with van der Waals surface area (Å²) in [5.74, 6) is -0.253. The summed E-state index contributed by atoms with van der Waals surface area (Å²) in [6.07, 6.45) is 0.927. The molecule has 1 atom stereocenters. The van der Waals surface area contributed by atoms with Gasteiger partial charge in [0.05, 0.1) is 6.04 Å². The van der Waals surface area contributed by atoms with Crippen molar-refractivity contribution in [2.75, 3.05) is 6.54 Å². The predicted molar refractivity (Wildman–Crippen MR) is 66.0 cm³/mol. The average molecular weight is 238 g/mol. The first-order valence-electron chi connectivity index (χ1n) is 5.89. The molecule has 0 aliphatic carbocycles. The molecule has 1 aromatic rings. The summed E-state index contributed by atoms with van der Waals surface area (Å²) in [4.78, 5) is 11.5. The second-order valence-corrected chi connectivity index (χ2v) is 4.02. The molecule has 1 amide bonds. The van der Waals surface area contributed by atoms with Gasteiger partial charge in [0, 0.05) is 13.1 Å². The van der Waals surface area contributed by atoms with Gasteiger partial charge in [0.25, 0.3) is 0 Å². The van der Waals surface area contributed by atoms with Crippen molar-refractivity contribution < 1.29 is 9.18 Å². The lowest BCUT2D eigenvalue weighted by atomic mass is 10.2. The molecule has 0 radical (unpaired) electrons. The maximum atomic E-state index is 12.7. The number of amides is 1. The van der Waals surface area contributed by atoms with Gasteiger partial charge in [-0.05, 0) is 31.0 Å². The van der Waals surface area contributed by atoms with Crippen molar-refractivity contribution in [3.05, 3.63) is 35.6 Å². The zero-order chi connectivity index (χ0) is 12.7. The van der Waals surface area contributed by atoms with E-state index in [9.17, 15) is 9.18 Å². The zero-order valence-electron chi connectivity index (χ0n) is 10.3. The Balaban J connectivity index is 2.34. The fourth-order valence-electron chi connectivity index (χ4n) is 1.37. The maximum Gasteiger partial charge on any atom is 0.236 e. The Bertz CT molecular complexity index is 351. The molecule has 0 spiro atoms. The third-order valence-corrected chi connectivity index (χ3v) is 2.47. The lowest BCUT2D eigenvalue weighted by Gasteiger charge is -2.13. The molecule has 1 rings (SSSR count). The molecular formula is C13H19FN2O. The van der Waals surface area contributed by atoms with Crippen LogP contribution in [0.2, 0.25) is 0 Å². The van der Waals surface area contributed by atoms with Crippen LogP contribution in [0.25, 0.3) is 0 Å². The van der Waals surface area contributed by atoms with E-state index in [-0.39, 0.29) is 17.8 Å². The average Bonchev–Trinajstić information content (AvgIpc) is 2.34. The molecule has 1 unspecified atom stereocenters. The molecule has 2 N–H and O–H groups in total. The van der Waals surface area contributed by atoms with Crippen LogP contribution < -0.4 is 10.6 Å². The summed E-state index contributed by atoms with van der Waals surface area (Å²) in [6, 6.07) is 6.00. The van der Waals surface area contributed by atoms with Crippen LogP contribution in [0.15, 0.2) is 24.3 Å². The number of carbonyl (C=O) groups is 1. The molecule has 0 aliphatic heterocycles. The van der Waals surface area contributed by atoms with Crippen molar-refractivity contribution >= 4 is 5.91 Å². The van der Waals surface area contributed by atoms with Gasteiger partial charge in [-0.15, -0.1) is 0 Å². The Labute approximate surface area is 101 Å². The standard InChI is InChI=1S/C13H19FN2O/c1-3-8-15-13(17)10(2)16-9-11-4-6-12(14)7-5-11/h4-7,10,16H,3,8-9H2,1-2H3,(H,15,17). The summed E-state index contributed by atoms with van der Waals surface area (Å²) < 4.78 is 12.7. The molecule has 94 valence electrons. The van der Waals surface area contributed by atoms with Gasteiger partial charge in [-0.3, -0.25) is 4.79 Å². The Morgan fingerprint density at radius 3 is 2.59 bits per heavy atom. The molecule has 0 aliphatic rings. The number of nitrogens with one attached hydrogen (secondary N) is 2. The van der Waals surface area contributed by atoms with Crippen molar-refractivity contribution in [1.29, 1.82) is 0 Å². The van der Waals surface area contributed by atoms with E-state index in [1.165, 1.54) is 12.1 Å². The van der Waals surface area contributed by atoms with Crippen LogP contribution >= 0.6 is 0 Å². The molecule has 0 saturated carbocycles. The molecule has 1 aromatic carbocycles. The molecule has 0 aromatic heterocycles. The van der Waals surface area contributed by atoms with Crippen LogP contribution in [0, 0.1) is 5.82 Å². The molecule has 0 fully saturated rings. The van der Waals surface area contributed by atoms with Crippen LogP contribution in [-0.4, -0.2) is 18.5 Å². The van der Waals surface area contributed by atoms with Crippen molar-refractivity contribution in [2.24, 2.45) is 0 Å². The Morgan fingerprint density at radius 2 is 2.00 bits per heavy atom. The molecule has 3 nitrogen and oxygen atoms in total. The lowest BCUT2D eigenvalue weighted by Crippen LogP contribution is -2.42. The monoisotopic (exact) mass is 238 g/mol. The van der Waals surface area contributed by atoms with E-state index in [4.69, 9.17) is 0 Å². The van der Waals surface area contributed by atoms with Gasteiger partial charge in [-0.2, -0.15) is 0 Å². The van der Waals surface area contributed by atoms with Gasteiger partial charge < -0.3 is 10.6 Å². The number of halogens is 1. The first kappa shape index (κ1) is 13.6. The summed E-state index contributed by atoms with van der Waals surface area (Å²) in [5, 5.41) is 5.91. The first-order chi connectivity index (χ1) is 8.13. The smallest absolute Gasteiger partial charge is 0.236 e. The molecule has 4 heteroatoms. The highest BCUT2D eigenvalue weighted by Crippen LogP contribution is 2.02. The summed E-state index contributed by atoms with van der Waals surface area (Å²) >= 11 is 0. The maximum absolute atomic E-state index is 12.7. The second kappa shape index (κ2) is 7.01. The van der Waals surface area contributed by atoms with Crippen LogP contribution in [-0.2, 0) is 11.3 Å². The van der Waals surface area contributed by atoms with Crippen molar-refractivity contribution in [1.82, 2.24) is 10.6 Å². The first-order valence-corrected chi connectivity index (χ1v) is 5.89. The van der Waals surface area contributed by atoms with E-state index in [1.54, 1.807) is 12.1 Å². The second-order valence-electron chi connectivity index (χ2n) is 4.02. The third kappa shape index (κ3) is 4.95. The summed E-state index contributed by atoms with van der Waals surface area (Å²) in [6.45, 7) is 5.08. The number of rotatable bonds is 6. The van der Waals surface area contributed by atoms with E-state index in [0.29, 0.717) is 13.1 Å². The number of hydrogen-bond acceptors (Lipinski definition) is 2. The molecular weight excluding hydrogens is 219 g/mol. The largest absolute Gasteiger partial charge is 0.355 e. The van der Waals surface area contributed by atoms with E-state index < -0.39 is 0 Å². The SMILES string of the molecule is CCCNC(=O)C(C)NCc1ccc(F)cc1. The van der Waals surface area contributed by atoms with Gasteiger partial charge in [0.2, 0.25) is 5.91 Å². The molecule has 17 heavy (non-hydrogen) atoms. The number of carbonyl (C=O) groups excluding carboxylic acids is 1. The minimum absolute atomic E-state index is 0.00559. The highest BCUT2D eigenvalue weighted by molar-refractivity contribution is 5.81. The van der Waals surface area contributed by atoms with Crippen molar-refractivity contribution in [2.45, 2.75) is 32.9 Å². The van der Waals surface area contributed by atoms with Crippen LogP contribution in [0.1, 0.15) is 25.8 Å². The summed E-state index contributed by atoms with van der Waals surface area (Å²) in [7, 11) is 0. The number of hydrogen-bond donors (Lipinski definition) is 2. The number of benzene rings is 1. The highest BCUT2D eigenvalue weighted by atomic mass is 19.1. The summed E-state index contributed by atoms with van der Waals surface area (Å²) in [5.41, 5.74) is 0.960. The van der Waals surface area contributed by atoms with Crippen LogP contribution in [0.4, 0.5) is 4.39 Å². The Kier molecular flexibility index (Phi) is 5.63. The van der Waals surface area contributed by atoms with Gasteiger partial charge in [0.1, 0.15) is 5.82 Å². The lowest BCUT2D eigenvalue weighted by molar-refractivity contribution is -0.122. The van der Waals surface area contributed by atoms with E-state index in [1.807, 2.05) is 13.8 Å².